The van der Waals surface area contributed by atoms with Crippen molar-refractivity contribution in [2.75, 3.05) is 0 Å². The summed E-state index contributed by atoms with van der Waals surface area (Å²) in [5.41, 5.74) is -0.638. The molecule has 0 aromatic heterocycles. The molecule has 86 valence electrons. The fourth-order valence-corrected chi connectivity index (χ4v) is 1.88. The first-order valence-corrected chi connectivity index (χ1v) is 4.90. The van der Waals surface area contributed by atoms with Gasteiger partial charge in [0, 0.05) is 18.4 Å². The smallest absolute Gasteiger partial charge is 0.306 e. The van der Waals surface area contributed by atoms with Crippen molar-refractivity contribution in [3.8, 4) is 17.2 Å². The summed E-state index contributed by atoms with van der Waals surface area (Å²) in [6.07, 6.45) is 0.710. The topological polar surface area (TPSA) is 87.0 Å². The Labute approximate surface area is 91.9 Å². The number of carbonyl (C=O) groups is 1. The highest BCUT2D eigenvalue weighted by molar-refractivity contribution is 5.73. The summed E-state index contributed by atoms with van der Waals surface area (Å²) in [4.78, 5) is 11.1. The van der Waals surface area contributed by atoms with E-state index in [-0.39, 0.29) is 12.4 Å². The molecule has 0 amide bonds. The number of benzene rings is 1. The molecule has 16 heavy (non-hydrogen) atoms. The van der Waals surface area contributed by atoms with E-state index in [9.17, 15) is 20.1 Å². The molecule has 0 radical (unpaired) electrons. The van der Waals surface area contributed by atoms with E-state index in [1.807, 2.05) is 0 Å². The standard InChI is InChI=1S/C11H12O5/c1-11(5-4-8(13)16-11)6-2-3-7(12)10(15)9(6)14/h2-3,12,14-15H,4-5H2,1H3. The molecule has 5 nitrogen and oxygen atoms in total. The number of phenolic OH excluding ortho intramolecular Hbond substituents is 3. The monoisotopic (exact) mass is 224 g/mol. The van der Waals surface area contributed by atoms with Crippen molar-refractivity contribution in [3.63, 3.8) is 0 Å². The van der Waals surface area contributed by atoms with Gasteiger partial charge in [0.15, 0.2) is 11.5 Å². The highest BCUT2D eigenvalue weighted by Gasteiger charge is 2.40. The van der Waals surface area contributed by atoms with Crippen LogP contribution in [0.5, 0.6) is 17.2 Å². The molecule has 1 aliphatic rings. The minimum atomic E-state index is -0.938. The highest BCUT2D eigenvalue weighted by atomic mass is 16.6. The van der Waals surface area contributed by atoms with E-state index in [2.05, 4.69) is 0 Å². The molecule has 1 aliphatic heterocycles. The first kappa shape index (κ1) is 10.6. The van der Waals surface area contributed by atoms with Crippen molar-refractivity contribution in [2.45, 2.75) is 25.4 Å². The predicted octanol–water partition coefficient (Wildman–Crippen LogP) is 1.36. The summed E-state index contributed by atoms with van der Waals surface area (Å²) in [6.45, 7) is 1.66. The summed E-state index contributed by atoms with van der Waals surface area (Å²) < 4.78 is 5.12. The summed E-state index contributed by atoms with van der Waals surface area (Å²) in [7, 11) is 0. The van der Waals surface area contributed by atoms with E-state index >= 15 is 0 Å². The Morgan fingerprint density at radius 1 is 1.25 bits per heavy atom. The number of ether oxygens (including phenoxy) is 1. The molecule has 1 aromatic carbocycles. The van der Waals surface area contributed by atoms with E-state index in [0.29, 0.717) is 12.0 Å². The third-order valence-corrected chi connectivity index (χ3v) is 2.84. The molecule has 0 aliphatic carbocycles. The van der Waals surface area contributed by atoms with Crippen LogP contribution in [0.2, 0.25) is 0 Å². The fraction of sp³-hybridized carbons (Fsp3) is 0.364. The van der Waals surface area contributed by atoms with Crippen LogP contribution in [0.1, 0.15) is 25.3 Å². The number of carbonyl (C=O) groups excluding carboxylic acids is 1. The Hall–Kier alpha value is -1.91. The number of aromatic hydroxyl groups is 3. The van der Waals surface area contributed by atoms with Crippen LogP contribution in [0.4, 0.5) is 0 Å². The molecule has 2 rings (SSSR count). The Kier molecular flexibility index (Phi) is 2.18. The molecule has 3 N–H and O–H groups in total. The lowest BCUT2D eigenvalue weighted by Crippen LogP contribution is -2.20. The van der Waals surface area contributed by atoms with Crippen molar-refractivity contribution in [2.24, 2.45) is 0 Å². The van der Waals surface area contributed by atoms with Gasteiger partial charge in [-0.05, 0) is 19.1 Å². The van der Waals surface area contributed by atoms with E-state index in [1.165, 1.54) is 12.1 Å². The van der Waals surface area contributed by atoms with E-state index < -0.39 is 22.8 Å². The van der Waals surface area contributed by atoms with E-state index in [4.69, 9.17) is 4.74 Å². The number of esters is 1. The van der Waals surface area contributed by atoms with Crippen molar-refractivity contribution in [3.05, 3.63) is 17.7 Å². The molecule has 1 unspecified atom stereocenters. The van der Waals surface area contributed by atoms with Crippen molar-refractivity contribution >= 4 is 5.97 Å². The second kappa shape index (κ2) is 3.30. The van der Waals surface area contributed by atoms with Gasteiger partial charge in [-0.2, -0.15) is 0 Å². The molecule has 1 fully saturated rings. The maximum Gasteiger partial charge on any atom is 0.306 e. The molecule has 0 spiro atoms. The van der Waals surface area contributed by atoms with Gasteiger partial charge in [0.25, 0.3) is 0 Å². The van der Waals surface area contributed by atoms with Gasteiger partial charge in [-0.1, -0.05) is 0 Å². The third kappa shape index (κ3) is 1.44. The van der Waals surface area contributed by atoms with Crippen LogP contribution in [0.3, 0.4) is 0 Å². The average molecular weight is 224 g/mol. The van der Waals surface area contributed by atoms with Crippen LogP contribution in [-0.4, -0.2) is 21.3 Å². The quantitative estimate of drug-likeness (QED) is 0.495. The minimum absolute atomic E-state index is 0.275. The van der Waals surface area contributed by atoms with Crippen LogP contribution >= 0.6 is 0 Å². The number of phenols is 3. The molecule has 0 saturated carbocycles. The molecule has 1 saturated heterocycles. The summed E-state index contributed by atoms with van der Waals surface area (Å²) in [5.74, 6) is -1.79. The van der Waals surface area contributed by atoms with Crippen LogP contribution in [0, 0.1) is 0 Å². The lowest BCUT2D eigenvalue weighted by Gasteiger charge is -2.24. The zero-order valence-corrected chi connectivity index (χ0v) is 8.73. The number of hydrogen-bond acceptors (Lipinski definition) is 5. The van der Waals surface area contributed by atoms with Gasteiger partial charge in [-0.25, -0.2) is 0 Å². The van der Waals surface area contributed by atoms with Gasteiger partial charge < -0.3 is 20.1 Å². The van der Waals surface area contributed by atoms with Gasteiger partial charge >= 0.3 is 5.97 Å². The average Bonchev–Trinajstić information content (AvgIpc) is 2.56. The van der Waals surface area contributed by atoms with Gasteiger partial charge in [0.1, 0.15) is 5.60 Å². The Morgan fingerprint density at radius 3 is 2.50 bits per heavy atom. The third-order valence-electron chi connectivity index (χ3n) is 2.84. The summed E-state index contributed by atoms with van der Waals surface area (Å²) in [5, 5.41) is 28.3. The molecular formula is C11H12O5. The molecule has 5 heteroatoms. The van der Waals surface area contributed by atoms with Crippen LogP contribution in [-0.2, 0) is 15.1 Å². The zero-order chi connectivity index (χ0) is 11.9. The maximum atomic E-state index is 11.1. The maximum absolute atomic E-state index is 11.1. The Balaban J connectivity index is 2.49. The van der Waals surface area contributed by atoms with Crippen LogP contribution in [0.25, 0.3) is 0 Å². The van der Waals surface area contributed by atoms with E-state index in [1.54, 1.807) is 6.92 Å². The number of rotatable bonds is 1. The molecule has 0 bridgehead atoms. The molecular weight excluding hydrogens is 212 g/mol. The van der Waals surface area contributed by atoms with Crippen molar-refractivity contribution in [1.29, 1.82) is 0 Å². The first-order chi connectivity index (χ1) is 7.44. The van der Waals surface area contributed by atoms with Gasteiger partial charge in [-0.15, -0.1) is 0 Å². The largest absolute Gasteiger partial charge is 0.504 e. The van der Waals surface area contributed by atoms with E-state index in [0.717, 1.165) is 0 Å². The minimum Gasteiger partial charge on any atom is -0.504 e. The Bertz CT molecular complexity index is 454. The SMILES string of the molecule is CC1(c2ccc(O)c(O)c2O)CCC(=O)O1. The van der Waals surface area contributed by atoms with Crippen LogP contribution in [0.15, 0.2) is 12.1 Å². The van der Waals surface area contributed by atoms with Crippen LogP contribution < -0.4 is 0 Å². The summed E-state index contributed by atoms with van der Waals surface area (Å²) in [6, 6.07) is 2.69. The van der Waals surface area contributed by atoms with Crippen molar-refractivity contribution < 1.29 is 24.9 Å². The molecule has 1 heterocycles. The zero-order valence-electron chi connectivity index (χ0n) is 8.73. The highest BCUT2D eigenvalue weighted by Crippen LogP contribution is 2.46. The lowest BCUT2D eigenvalue weighted by atomic mass is 9.91. The Morgan fingerprint density at radius 2 is 1.94 bits per heavy atom. The number of cyclic esters (lactones) is 1. The predicted molar refractivity (Wildman–Crippen MR) is 54.1 cm³/mol. The fourth-order valence-electron chi connectivity index (χ4n) is 1.88. The van der Waals surface area contributed by atoms with Gasteiger partial charge in [0.05, 0.1) is 0 Å². The second-order valence-corrected chi connectivity index (χ2v) is 4.03. The first-order valence-electron chi connectivity index (χ1n) is 4.90. The number of hydrogen-bond donors (Lipinski definition) is 3. The molecule has 1 atom stereocenters. The normalized spacial score (nSPS) is 24.4. The van der Waals surface area contributed by atoms with Gasteiger partial charge in [0.2, 0.25) is 5.75 Å². The lowest BCUT2D eigenvalue weighted by molar-refractivity contribution is -0.147. The van der Waals surface area contributed by atoms with Gasteiger partial charge in [-0.3, -0.25) is 4.79 Å². The second-order valence-electron chi connectivity index (χ2n) is 4.03. The summed E-state index contributed by atoms with van der Waals surface area (Å²) >= 11 is 0. The van der Waals surface area contributed by atoms with Crippen molar-refractivity contribution in [1.82, 2.24) is 0 Å². The molecule has 1 aromatic rings.